The first kappa shape index (κ1) is 10.5. The van der Waals surface area contributed by atoms with Crippen LogP contribution in [0.4, 0.5) is 0 Å². The van der Waals surface area contributed by atoms with Gasteiger partial charge in [-0.25, -0.2) is 4.79 Å². The van der Waals surface area contributed by atoms with Crippen LogP contribution in [0.2, 0.25) is 6.82 Å². The Hall–Kier alpha value is -0.585. The Morgan fingerprint density at radius 1 is 1.46 bits per heavy atom. The molecule has 1 aliphatic heterocycles. The number of hydrogen-bond donors (Lipinski definition) is 0. The molecule has 0 spiro atoms. The molecule has 0 amide bonds. The Bertz CT molecular complexity index is 186. The predicted octanol–water partition coefficient (Wildman–Crippen LogP) is -0.292. The van der Waals surface area contributed by atoms with Crippen molar-refractivity contribution >= 4 is 13.1 Å². The molecule has 1 saturated heterocycles. The quantitative estimate of drug-likeness (QED) is 0.449. The lowest BCUT2D eigenvalue weighted by molar-refractivity contribution is -0.150. The van der Waals surface area contributed by atoms with E-state index in [0.717, 1.165) is 0 Å². The highest BCUT2D eigenvalue weighted by molar-refractivity contribution is 6.43. The van der Waals surface area contributed by atoms with E-state index in [0.29, 0.717) is 6.61 Å². The number of carbonyl (C=O) groups excluding carboxylic acids is 1. The summed E-state index contributed by atoms with van der Waals surface area (Å²) in [5.74, 6) is -0.425. The van der Waals surface area contributed by atoms with Crippen LogP contribution in [-0.4, -0.2) is 46.1 Å². The number of hydrogen-bond acceptors (Lipinski definition) is 5. The molecule has 1 fully saturated rings. The predicted molar refractivity (Wildman–Crippen MR) is 45.3 cm³/mol. The van der Waals surface area contributed by atoms with Crippen molar-refractivity contribution in [2.75, 3.05) is 20.8 Å². The summed E-state index contributed by atoms with van der Waals surface area (Å²) in [5.41, 5.74) is 0. The van der Waals surface area contributed by atoms with Gasteiger partial charge in [0.15, 0.2) is 6.10 Å². The van der Waals surface area contributed by atoms with E-state index in [1.807, 2.05) is 0 Å². The third-order valence-electron chi connectivity index (χ3n) is 1.81. The monoisotopic (exact) mass is 188 g/mol. The molecule has 0 radical (unpaired) electrons. The van der Waals surface area contributed by atoms with Crippen LogP contribution in [0.15, 0.2) is 0 Å². The van der Waals surface area contributed by atoms with E-state index >= 15 is 0 Å². The zero-order chi connectivity index (χ0) is 9.84. The van der Waals surface area contributed by atoms with Crippen molar-refractivity contribution in [3.05, 3.63) is 0 Å². The smallest absolute Gasteiger partial charge is 0.454 e. The molecule has 74 valence electrons. The van der Waals surface area contributed by atoms with Crippen molar-refractivity contribution < 1.29 is 23.6 Å². The highest BCUT2D eigenvalue weighted by Crippen LogP contribution is 2.17. The number of carbonyl (C=O) groups is 1. The second-order valence-electron chi connectivity index (χ2n) is 2.78. The van der Waals surface area contributed by atoms with E-state index in [4.69, 9.17) is 14.0 Å². The van der Waals surface area contributed by atoms with Crippen molar-refractivity contribution in [3.8, 4) is 0 Å². The zero-order valence-corrected chi connectivity index (χ0v) is 7.98. The van der Waals surface area contributed by atoms with Gasteiger partial charge in [0.25, 0.3) is 0 Å². The summed E-state index contributed by atoms with van der Waals surface area (Å²) >= 11 is 0. The average molecular weight is 188 g/mol. The van der Waals surface area contributed by atoms with Gasteiger partial charge in [0.05, 0.1) is 13.7 Å². The molecule has 5 nitrogen and oxygen atoms in total. The molecule has 2 atom stereocenters. The van der Waals surface area contributed by atoms with E-state index in [1.54, 1.807) is 13.9 Å². The summed E-state index contributed by atoms with van der Waals surface area (Å²) in [6.07, 6.45) is -1.03. The summed E-state index contributed by atoms with van der Waals surface area (Å²) in [6, 6.07) is 0. The first-order valence-electron chi connectivity index (χ1n) is 4.06. The van der Waals surface area contributed by atoms with Gasteiger partial charge in [-0.3, -0.25) is 0 Å². The van der Waals surface area contributed by atoms with Crippen molar-refractivity contribution in [3.63, 3.8) is 0 Å². The Labute approximate surface area is 77.4 Å². The van der Waals surface area contributed by atoms with Crippen molar-refractivity contribution in [1.82, 2.24) is 0 Å². The third kappa shape index (κ3) is 2.43. The van der Waals surface area contributed by atoms with Gasteiger partial charge < -0.3 is 18.8 Å². The lowest BCUT2D eigenvalue weighted by Crippen LogP contribution is -2.35. The first-order valence-corrected chi connectivity index (χ1v) is 4.06. The van der Waals surface area contributed by atoms with Gasteiger partial charge >= 0.3 is 13.1 Å². The maximum atomic E-state index is 11.2. The molecule has 0 N–H and O–H groups in total. The Morgan fingerprint density at radius 3 is 2.69 bits per heavy atom. The van der Waals surface area contributed by atoms with Crippen LogP contribution < -0.4 is 0 Å². The molecule has 1 rings (SSSR count). The van der Waals surface area contributed by atoms with E-state index < -0.39 is 12.1 Å². The highest BCUT2D eigenvalue weighted by atomic mass is 16.7. The molecule has 0 aromatic heterocycles. The van der Waals surface area contributed by atoms with Crippen LogP contribution in [0.1, 0.15) is 0 Å². The average Bonchev–Trinajstić information content (AvgIpc) is 2.46. The first-order chi connectivity index (χ1) is 6.19. The van der Waals surface area contributed by atoms with Gasteiger partial charge in [-0.15, -0.1) is 0 Å². The molecule has 0 saturated carbocycles. The van der Waals surface area contributed by atoms with Crippen LogP contribution in [0.3, 0.4) is 0 Å². The zero-order valence-electron chi connectivity index (χ0n) is 7.98. The Kier molecular flexibility index (Phi) is 3.71. The van der Waals surface area contributed by atoms with Crippen LogP contribution in [0.5, 0.6) is 0 Å². The van der Waals surface area contributed by atoms with Gasteiger partial charge in [-0.2, -0.15) is 0 Å². The fourth-order valence-electron chi connectivity index (χ4n) is 1.26. The Morgan fingerprint density at radius 2 is 2.15 bits per heavy atom. The third-order valence-corrected chi connectivity index (χ3v) is 1.81. The number of esters is 1. The van der Waals surface area contributed by atoms with E-state index in [9.17, 15) is 4.79 Å². The van der Waals surface area contributed by atoms with Gasteiger partial charge in [0, 0.05) is 7.11 Å². The summed E-state index contributed by atoms with van der Waals surface area (Å²) < 4.78 is 19.9. The SMILES string of the molecule is COC[C@@H]1OB(C)O[C@H]1C(=O)OC. The van der Waals surface area contributed by atoms with Gasteiger partial charge in [-0.1, -0.05) is 0 Å². The Balaban J connectivity index is 2.55. The summed E-state index contributed by atoms with van der Waals surface area (Å²) in [4.78, 5) is 11.2. The molecule has 6 heteroatoms. The van der Waals surface area contributed by atoms with Gasteiger partial charge in [0.2, 0.25) is 0 Å². The number of rotatable bonds is 3. The topological polar surface area (TPSA) is 54.0 Å². The minimum atomic E-state index is -0.667. The minimum absolute atomic E-state index is 0.324. The molecule has 1 aliphatic rings. The maximum Gasteiger partial charge on any atom is 0.454 e. The standard InChI is InChI=1S/C7H13BO5/c1-8-12-5(4-10-2)6(13-8)7(9)11-3/h5-6H,4H2,1-3H3/t5-,6+/m0/s1. The molecule has 13 heavy (non-hydrogen) atoms. The lowest BCUT2D eigenvalue weighted by atomic mass is 9.97. The van der Waals surface area contributed by atoms with E-state index in [2.05, 4.69) is 4.74 Å². The van der Waals surface area contributed by atoms with Crippen molar-refractivity contribution in [2.45, 2.75) is 19.0 Å². The van der Waals surface area contributed by atoms with Crippen LogP contribution in [-0.2, 0) is 23.6 Å². The van der Waals surface area contributed by atoms with Crippen LogP contribution in [0.25, 0.3) is 0 Å². The largest absolute Gasteiger partial charge is 0.467 e. The molecule has 0 aromatic rings. The summed E-state index contributed by atoms with van der Waals surface area (Å²) in [6.45, 7) is 2.05. The fraction of sp³-hybridized carbons (Fsp3) is 0.857. The molecule has 0 aromatic carbocycles. The van der Waals surface area contributed by atoms with Crippen LogP contribution >= 0.6 is 0 Å². The second kappa shape index (κ2) is 4.60. The van der Waals surface area contributed by atoms with Gasteiger partial charge in [-0.05, 0) is 6.82 Å². The fourth-order valence-corrected chi connectivity index (χ4v) is 1.26. The van der Waals surface area contributed by atoms with E-state index in [-0.39, 0.29) is 13.2 Å². The highest BCUT2D eigenvalue weighted by Gasteiger charge is 2.41. The summed E-state index contributed by atoms with van der Waals surface area (Å²) in [7, 11) is 2.48. The molecule has 0 bridgehead atoms. The minimum Gasteiger partial charge on any atom is -0.467 e. The molecular formula is C7H13BO5. The maximum absolute atomic E-state index is 11.2. The molecule has 0 unspecified atom stereocenters. The molecule has 0 aliphatic carbocycles. The summed E-state index contributed by atoms with van der Waals surface area (Å²) in [5, 5.41) is 0. The van der Waals surface area contributed by atoms with Crippen molar-refractivity contribution in [2.24, 2.45) is 0 Å². The van der Waals surface area contributed by atoms with E-state index in [1.165, 1.54) is 7.11 Å². The molecule has 1 heterocycles. The van der Waals surface area contributed by atoms with Crippen LogP contribution in [0, 0.1) is 0 Å². The lowest BCUT2D eigenvalue weighted by Gasteiger charge is -2.14. The number of methoxy groups -OCH3 is 2. The second-order valence-corrected chi connectivity index (χ2v) is 2.78. The number of ether oxygens (including phenoxy) is 2. The van der Waals surface area contributed by atoms with Gasteiger partial charge in [0.1, 0.15) is 6.10 Å². The van der Waals surface area contributed by atoms with Crippen molar-refractivity contribution in [1.29, 1.82) is 0 Å². The molecular weight excluding hydrogens is 175 g/mol. The normalized spacial score (nSPS) is 27.8.